The first-order chi connectivity index (χ1) is 6.15. The second kappa shape index (κ2) is 3.91. The highest BCUT2D eigenvalue weighted by atomic mass is 16.5. The van der Waals surface area contributed by atoms with Crippen molar-refractivity contribution in [1.29, 1.82) is 0 Å². The topological polar surface area (TPSA) is 78.3 Å². The maximum atomic E-state index is 10.8. The molecule has 0 unspecified atom stereocenters. The predicted molar refractivity (Wildman–Crippen MR) is 50.1 cm³/mol. The van der Waals surface area contributed by atoms with Gasteiger partial charge in [-0.25, -0.2) is 0 Å². The summed E-state index contributed by atoms with van der Waals surface area (Å²) in [6.07, 6.45) is 0. The van der Waals surface area contributed by atoms with Crippen molar-refractivity contribution in [3.8, 4) is 0 Å². The van der Waals surface area contributed by atoms with E-state index in [9.17, 15) is 4.79 Å². The van der Waals surface area contributed by atoms with E-state index < -0.39 is 5.91 Å². The Balaban J connectivity index is 2.98. The van der Waals surface area contributed by atoms with Crippen LogP contribution in [0.15, 0.2) is 18.2 Å². The molecule has 4 heteroatoms. The van der Waals surface area contributed by atoms with Crippen LogP contribution in [0.1, 0.15) is 15.9 Å². The van der Waals surface area contributed by atoms with E-state index in [2.05, 4.69) is 0 Å². The van der Waals surface area contributed by atoms with Gasteiger partial charge < -0.3 is 16.2 Å². The third kappa shape index (κ3) is 2.19. The van der Waals surface area contributed by atoms with Crippen molar-refractivity contribution in [1.82, 2.24) is 0 Å². The van der Waals surface area contributed by atoms with Gasteiger partial charge in [0.05, 0.1) is 12.2 Å². The molecule has 0 aliphatic rings. The van der Waals surface area contributed by atoms with Crippen molar-refractivity contribution < 1.29 is 9.53 Å². The number of carbonyl (C=O) groups is 1. The van der Waals surface area contributed by atoms with Crippen molar-refractivity contribution in [2.45, 2.75) is 6.61 Å². The summed E-state index contributed by atoms with van der Waals surface area (Å²) in [7, 11) is 1.60. The minimum absolute atomic E-state index is 0.347. The summed E-state index contributed by atoms with van der Waals surface area (Å²) in [5, 5.41) is 0. The number of anilines is 1. The fourth-order valence-electron chi connectivity index (χ4n) is 1.09. The fourth-order valence-corrected chi connectivity index (χ4v) is 1.09. The van der Waals surface area contributed by atoms with Crippen LogP contribution in [0.25, 0.3) is 0 Å². The highest BCUT2D eigenvalue weighted by Gasteiger charge is 2.05. The Labute approximate surface area is 76.5 Å². The van der Waals surface area contributed by atoms with E-state index in [1.54, 1.807) is 25.3 Å². The molecule has 1 rings (SSSR count). The number of hydrogen-bond donors (Lipinski definition) is 2. The van der Waals surface area contributed by atoms with Gasteiger partial charge in [-0.15, -0.1) is 0 Å². The lowest BCUT2D eigenvalue weighted by Crippen LogP contribution is -2.13. The first kappa shape index (κ1) is 9.54. The summed E-state index contributed by atoms with van der Waals surface area (Å²) >= 11 is 0. The maximum absolute atomic E-state index is 10.8. The lowest BCUT2D eigenvalue weighted by atomic mass is 10.1. The molecule has 0 radical (unpaired) electrons. The highest BCUT2D eigenvalue weighted by molar-refractivity contribution is 5.97. The fraction of sp³-hybridized carbons (Fsp3) is 0.222. The molecule has 0 fully saturated rings. The van der Waals surface area contributed by atoms with Crippen LogP contribution in [0.5, 0.6) is 0 Å². The Kier molecular flexibility index (Phi) is 2.87. The van der Waals surface area contributed by atoms with Gasteiger partial charge in [0.25, 0.3) is 5.91 Å². The van der Waals surface area contributed by atoms with Crippen LogP contribution in [0, 0.1) is 0 Å². The molecular formula is C9H12N2O2. The molecule has 0 saturated carbocycles. The van der Waals surface area contributed by atoms with Crippen LogP contribution in [0.3, 0.4) is 0 Å². The lowest BCUT2D eigenvalue weighted by Gasteiger charge is -2.04. The molecule has 0 aliphatic carbocycles. The van der Waals surface area contributed by atoms with Gasteiger partial charge >= 0.3 is 0 Å². The van der Waals surface area contributed by atoms with E-state index in [-0.39, 0.29) is 0 Å². The number of ether oxygens (including phenoxy) is 1. The average Bonchev–Trinajstić information content (AvgIpc) is 2.04. The summed E-state index contributed by atoms with van der Waals surface area (Å²) in [6, 6.07) is 5.05. The minimum Gasteiger partial charge on any atom is -0.398 e. The Morgan fingerprint density at radius 1 is 1.54 bits per heavy atom. The molecule has 1 amide bonds. The monoisotopic (exact) mass is 180 g/mol. The van der Waals surface area contributed by atoms with Crippen molar-refractivity contribution in [3.05, 3.63) is 29.3 Å². The van der Waals surface area contributed by atoms with Gasteiger partial charge in [-0.2, -0.15) is 0 Å². The molecular weight excluding hydrogens is 168 g/mol. The molecule has 0 aliphatic heterocycles. The van der Waals surface area contributed by atoms with E-state index in [4.69, 9.17) is 16.2 Å². The largest absolute Gasteiger partial charge is 0.398 e. The molecule has 70 valence electrons. The van der Waals surface area contributed by atoms with Crippen LogP contribution in [-0.2, 0) is 11.3 Å². The Hall–Kier alpha value is -1.55. The summed E-state index contributed by atoms with van der Waals surface area (Å²) in [4.78, 5) is 10.8. The van der Waals surface area contributed by atoms with Gasteiger partial charge in [-0.05, 0) is 17.7 Å². The second-order valence-corrected chi connectivity index (χ2v) is 2.72. The number of primary amides is 1. The third-order valence-corrected chi connectivity index (χ3v) is 1.69. The first-order valence-electron chi connectivity index (χ1n) is 3.82. The minimum atomic E-state index is -0.513. The van der Waals surface area contributed by atoms with E-state index in [1.165, 1.54) is 0 Å². The molecule has 0 heterocycles. The summed E-state index contributed by atoms with van der Waals surface area (Å²) in [5.41, 5.74) is 12.3. The molecule has 4 nitrogen and oxygen atoms in total. The number of carbonyl (C=O) groups excluding carboxylic acids is 1. The van der Waals surface area contributed by atoms with Crippen LogP contribution < -0.4 is 11.5 Å². The van der Waals surface area contributed by atoms with Gasteiger partial charge in [-0.3, -0.25) is 4.79 Å². The van der Waals surface area contributed by atoms with Gasteiger partial charge in [0.1, 0.15) is 0 Å². The molecule has 0 atom stereocenters. The number of benzene rings is 1. The number of nitrogens with two attached hydrogens (primary N) is 2. The number of rotatable bonds is 3. The molecule has 1 aromatic carbocycles. The predicted octanol–water partition coefficient (Wildman–Crippen LogP) is 0.514. The summed E-state index contributed by atoms with van der Waals surface area (Å²) in [5.74, 6) is -0.513. The lowest BCUT2D eigenvalue weighted by molar-refractivity contribution is 0.100. The van der Waals surface area contributed by atoms with Crippen LogP contribution in [-0.4, -0.2) is 13.0 Å². The number of hydrogen-bond acceptors (Lipinski definition) is 3. The zero-order chi connectivity index (χ0) is 9.84. The van der Waals surface area contributed by atoms with Crippen molar-refractivity contribution >= 4 is 11.6 Å². The SMILES string of the molecule is COCc1ccc(C(N)=O)c(N)c1. The number of nitrogen functional groups attached to an aromatic ring is 1. The smallest absolute Gasteiger partial charge is 0.250 e. The zero-order valence-corrected chi connectivity index (χ0v) is 7.41. The molecule has 0 saturated heterocycles. The quantitative estimate of drug-likeness (QED) is 0.665. The van der Waals surface area contributed by atoms with Gasteiger partial charge in [0.15, 0.2) is 0 Å². The molecule has 1 aromatic rings. The Morgan fingerprint density at radius 2 is 2.23 bits per heavy atom. The molecule has 0 spiro atoms. The number of amides is 1. The van der Waals surface area contributed by atoms with Crippen LogP contribution in [0.2, 0.25) is 0 Å². The maximum Gasteiger partial charge on any atom is 0.250 e. The van der Waals surface area contributed by atoms with Gasteiger partial charge in [0, 0.05) is 12.8 Å². The normalized spacial score (nSPS) is 9.92. The average molecular weight is 180 g/mol. The molecule has 0 aromatic heterocycles. The summed E-state index contributed by atoms with van der Waals surface area (Å²) < 4.78 is 4.91. The first-order valence-corrected chi connectivity index (χ1v) is 3.82. The summed E-state index contributed by atoms with van der Waals surface area (Å²) in [6.45, 7) is 0.475. The third-order valence-electron chi connectivity index (χ3n) is 1.69. The molecule has 4 N–H and O–H groups in total. The number of methoxy groups -OCH3 is 1. The van der Waals surface area contributed by atoms with Gasteiger partial charge in [-0.1, -0.05) is 6.07 Å². The highest BCUT2D eigenvalue weighted by Crippen LogP contribution is 2.14. The van der Waals surface area contributed by atoms with Crippen molar-refractivity contribution in [2.75, 3.05) is 12.8 Å². The van der Waals surface area contributed by atoms with Crippen LogP contribution >= 0.6 is 0 Å². The Bertz CT molecular complexity index is 323. The van der Waals surface area contributed by atoms with E-state index >= 15 is 0 Å². The zero-order valence-electron chi connectivity index (χ0n) is 7.41. The standard InChI is InChI=1S/C9H12N2O2/c1-13-5-6-2-3-7(9(11)12)8(10)4-6/h2-4H,5,10H2,1H3,(H2,11,12). The van der Waals surface area contributed by atoms with Crippen molar-refractivity contribution in [3.63, 3.8) is 0 Å². The van der Waals surface area contributed by atoms with E-state index in [0.717, 1.165) is 5.56 Å². The van der Waals surface area contributed by atoms with Gasteiger partial charge in [0.2, 0.25) is 0 Å². The van der Waals surface area contributed by atoms with Crippen LogP contribution in [0.4, 0.5) is 5.69 Å². The second-order valence-electron chi connectivity index (χ2n) is 2.72. The van der Waals surface area contributed by atoms with E-state index in [0.29, 0.717) is 17.9 Å². The molecule has 13 heavy (non-hydrogen) atoms. The Morgan fingerprint density at radius 3 is 2.69 bits per heavy atom. The van der Waals surface area contributed by atoms with Crippen molar-refractivity contribution in [2.24, 2.45) is 5.73 Å². The molecule has 0 bridgehead atoms. The van der Waals surface area contributed by atoms with E-state index in [1.807, 2.05) is 0 Å².